The maximum absolute atomic E-state index is 12.4. The van der Waals surface area contributed by atoms with Gasteiger partial charge in [-0.2, -0.15) is 52.7 Å². The number of nitrogens with zero attached hydrogens (tertiary/aromatic N) is 6. The molecule has 0 saturated carbocycles. The molecule has 0 spiro atoms. The lowest BCUT2D eigenvalue weighted by molar-refractivity contribution is -0.657. The molecule has 0 aliphatic heterocycles. The van der Waals surface area contributed by atoms with Crippen LogP contribution in [0.1, 0.15) is 42.0 Å². The molecule has 0 atom stereocenters. The molecule has 6 heterocycles. The summed E-state index contributed by atoms with van der Waals surface area (Å²) in [5, 5.41) is 11.1. The lowest BCUT2D eigenvalue weighted by Gasteiger charge is -2.08. The number of alkyl halides is 12. The maximum atomic E-state index is 12.4. The Hall–Kier alpha value is -8.42. The Bertz CT molecular complexity index is 3270. The molecule has 4 amide bonds. The van der Waals surface area contributed by atoms with Crippen LogP contribution in [0, 0.1) is 0 Å². The van der Waals surface area contributed by atoms with Crippen LogP contribution >= 0.6 is 0 Å². The summed E-state index contributed by atoms with van der Waals surface area (Å²) in [5.74, 6) is 0.990. The van der Waals surface area contributed by atoms with Crippen LogP contribution in [-0.4, -0.2) is 108 Å². The zero-order valence-corrected chi connectivity index (χ0v) is 45.4. The van der Waals surface area contributed by atoms with Crippen LogP contribution < -0.4 is 39.5 Å². The Balaban J connectivity index is 0.000000560. The van der Waals surface area contributed by atoms with Gasteiger partial charge < -0.3 is 18.2 Å². The number of hydrogen-bond donors (Lipinski definition) is 4. The first kappa shape index (κ1) is 73.6. The van der Waals surface area contributed by atoms with Gasteiger partial charge in [-0.15, -0.1) is 0 Å². The fourth-order valence-electron chi connectivity index (χ4n) is 4.71. The number of nitrogens with one attached hydrogen (secondary N) is 4. The van der Waals surface area contributed by atoms with Gasteiger partial charge in [-0.1, -0.05) is 36.4 Å². The van der Waals surface area contributed by atoms with E-state index in [1.54, 1.807) is 78.9 Å². The maximum Gasteiger partial charge on any atom is 0.485 e. The summed E-state index contributed by atoms with van der Waals surface area (Å²) in [4.78, 5) is 58.1. The van der Waals surface area contributed by atoms with Gasteiger partial charge in [0.25, 0.3) is 23.3 Å². The molecule has 6 aromatic heterocycles. The number of pyridine rings is 6. The third kappa shape index (κ3) is 25.4. The summed E-state index contributed by atoms with van der Waals surface area (Å²) in [7, 11) is -17.1. The van der Waals surface area contributed by atoms with E-state index < -0.39 is 62.5 Å². The second kappa shape index (κ2) is 30.2. The Kier molecular flexibility index (Phi) is 26.5. The van der Waals surface area contributed by atoms with Crippen molar-refractivity contribution >= 4 is 87.4 Å². The molecular weight excluding hydrogens is 1260 g/mol. The van der Waals surface area contributed by atoms with Gasteiger partial charge in [0, 0.05) is 24.3 Å². The number of amides is 4. The van der Waals surface area contributed by atoms with Crippen molar-refractivity contribution in [1.82, 2.24) is 9.97 Å². The first-order valence-electron chi connectivity index (χ1n) is 21.2. The predicted octanol–water partition coefficient (Wildman–Crippen LogP) is 2.68. The average molecular weight is 1300 g/mol. The largest absolute Gasteiger partial charge is 0.741 e. The number of aromatic nitrogens is 6. The van der Waals surface area contributed by atoms with Crippen molar-refractivity contribution in [2.45, 2.75) is 22.0 Å². The van der Waals surface area contributed by atoms with Crippen molar-refractivity contribution in [2.24, 2.45) is 28.2 Å². The van der Waals surface area contributed by atoms with E-state index in [9.17, 15) is 71.9 Å². The van der Waals surface area contributed by atoms with E-state index in [-0.39, 0.29) is 46.4 Å². The molecule has 0 bridgehead atoms. The van der Waals surface area contributed by atoms with E-state index in [1.807, 2.05) is 102 Å². The first-order chi connectivity index (χ1) is 38.1. The van der Waals surface area contributed by atoms with Crippen molar-refractivity contribution in [3.8, 4) is 0 Å². The molecule has 0 aliphatic rings. The van der Waals surface area contributed by atoms with Crippen LogP contribution in [-0.2, 0) is 68.7 Å². The second-order valence-electron chi connectivity index (χ2n) is 15.0. The Morgan fingerprint density at radius 1 is 0.333 bits per heavy atom. The number of hydrogen-bond acceptors (Lipinski definition) is 18. The molecule has 0 fully saturated rings. The number of rotatable bonds is 8. The minimum absolute atomic E-state index is 0.166. The van der Waals surface area contributed by atoms with Crippen LogP contribution in [0.15, 0.2) is 134 Å². The van der Waals surface area contributed by atoms with Crippen LogP contribution in [0.3, 0.4) is 0 Å². The summed E-state index contributed by atoms with van der Waals surface area (Å²) in [6, 6.07) is 31.4. The van der Waals surface area contributed by atoms with Gasteiger partial charge in [-0.3, -0.25) is 0 Å². The number of carbonyl (C=O) groups is 4. The number of carbonyl (C=O) groups excluding carboxylic acids is 4. The zero-order valence-electron chi connectivity index (χ0n) is 42.1. The molecular formula is C42H38F12N10O16S4. The van der Waals surface area contributed by atoms with Crippen LogP contribution in [0.4, 0.5) is 76.0 Å². The minimum Gasteiger partial charge on any atom is -0.741 e. The summed E-state index contributed by atoms with van der Waals surface area (Å²) in [5.41, 5.74) is -21.9. The standard InChI is InChI=1S/2C19H17N5O2.4CHF3O3S/c2*1-23-12-5-3-10-16(23)21-18(25)14-8-7-9-15(20-14)19(26)22-17-11-4-6-13-24(17)2;4*2-1(3,4)8(5,6)7/h2*3-13H,1-2H3;4*(H,5,6,7). The van der Waals surface area contributed by atoms with Crippen molar-refractivity contribution in [3.63, 3.8) is 0 Å². The van der Waals surface area contributed by atoms with Crippen molar-refractivity contribution in [1.29, 1.82) is 0 Å². The Morgan fingerprint density at radius 3 is 0.619 bits per heavy atom. The summed E-state index contributed by atoms with van der Waals surface area (Å²) >= 11 is 0. The number of anilines is 4. The van der Waals surface area contributed by atoms with Gasteiger partial charge >= 0.3 is 45.7 Å². The molecule has 26 nitrogen and oxygen atoms in total. The highest BCUT2D eigenvalue weighted by Gasteiger charge is 2.39. The summed E-state index contributed by atoms with van der Waals surface area (Å²) in [6.45, 7) is 0. The molecule has 0 unspecified atom stereocenters. The van der Waals surface area contributed by atoms with Gasteiger partial charge in [-0.05, 0) is 48.5 Å². The van der Waals surface area contributed by atoms with Gasteiger partial charge in [0.2, 0.25) is 0 Å². The molecule has 0 aliphatic carbocycles. The summed E-state index contributed by atoms with van der Waals surface area (Å²) in [6.07, 6.45) is 7.30. The number of aryl methyl sites for hydroxylation is 4. The Labute approximate surface area is 466 Å². The zero-order chi connectivity index (χ0) is 65.0. The number of halogens is 12. The second-order valence-corrected chi connectivity index (χ2v) is 20.5. The fraction of sp³-hybridized carbons (Fsp3) is 0.190. The van der Waals surface area contributed by atoms with Gasteiger partial charge in [0.15, 0.2) is 63.2 Å². The van der Waals surface area contributed by atoms with E-state index in [2.05, 4.69) is 31.2 Å². The summed E-state index contributed by atoms with van der Waals surface area (Å²) < 4.78 is 243. The molecule has 0 aromatic carbocycles. The van der Waals surface area contributed by atoms with E-state index in [0.717, 1.165) is 0 Å². The molecule has 42 heteroatoms. The molecule has 84 heavy (non-hydrogen) atoms. The molecule has 6 rings (SSSR count). The fourth-order valence-corrected chi connectivity index (χ4v) is 4.71. The van der Waals surface area contributed by atoms with E-state index in [0.29, 0.717) is 23.3 Å². The monoisotopic (exact) mass is 1290 g/mol. The SMILES string of the molecule is C[n+]1ccccc1NC(=O)c1cccc(C(=O)Nc2cccc[n+]2C)n1.C[n+]1ccccc1NC(=O)c1cccc(C(=O)Nc2cccc[n+]2C)n1.O=S(=O)([O-])C(F)(F)F.O=S(=O)([O-])C(F)(F)F.O=S(=O)([O-])C(F)(F)F.O=S(=O)([O-])C(F)(F)F. The first-order valence-corrected chi connectivity index (χ1v) is 26.8. The third-order valence-electron chi connectivity index (χ3n) is 8.75. The van der Waals surface area contributed by atoms with Crippen molar-refractivity contribution < 1.29 is 142 Å². The molecule has 0 radical (unpaired) electrons. The van der Waals surface area contributed by atoms with Gasteiger partial charge in [-0.25, -0.2) is 102 Å². The normalized spacial score (nSPS) is 11.7. The lowest BCUT2D eigenvalue weighted by Crippen LogP contribution is -2.34. The van der Waals surface area contributed by atoms with E-state index in [4.69, 9.17) is 51.9 Å². The predicted molar refractivity (Wildman–Crippen MR) is 254 cm³/mol. The Morgan fingerprint density at radius 2 is 0.488 bits per heavy atom. The topological polar surface area (TPSA) is 386 Å². The van der Waals surface area contributed by atoms with Crippen LogP contribution in [0.2, 0.25) is 0 Å². The highest BCUT2D eigenvalue weighted by Crippen LogP contribution is 2.23. The smallest absolute Gasteiger partial charge is 0.485 e. The third-order valence-corrected chi connectivity index (χ3v) is 11.0. The molecule has 460 valence electrons. The van der Waals surface area contributed by atoms with E-state index >= 15 is 0 Å². The quantitative estimate of drug-likeness (QED) is 0.0736. The highest BCUT2D eigenvalue weighted by atomic mass is 32.2. The molecule has 4 N–H and O–H groups in total. The average Bonchev–Trinajstić information content (AvgIpc) is 3.56. The van der Waals surface area contributed by atoms with E-state index in [1.165, 1.54) is 0 Å². The van der Waals surface area contributed by atoms with Gasteiger partial charge in [0.1, 0.15) is 0 Å². The van der Waals surface area contributed by atoms with Crippen molar-refractivity contribution in [2.75, 3.05) is 21.3 Å². The van der Waals surface area contributed by atoms with Crippen LogP contribution in [0.5, 0.6) is 0 Å². The minimum atomic E-state index is -6.09. The lowest BCUT2D eigenvalue weighted by atomic mass is 10.2. The molecule has 0 saturated heterocycles. The molecule has 6 aromatic rings. The van der Waals surface area contributed by atoms with Crippen LogP contribution in [0.25, 0.3) is 0 Å². The van der Waals surface area contributed by atoms with Crippen molar-refractivity contribution in [3.05, 3.63) is 157 Å². The van der Waals surface area contributed by atoms with Gasteiger partial charge in [0.05, 0.1) is 53.0 Å². The highest BCUT2D eigenvalue weighted by molar-refractivity contribution is 7.87.